The zero-order chi connectivity index (χ0) is 22.0. The largest absolute Gasteiger partial charge is 0.339 e. The summed E-state index contributed by atoms with van der Waals surface area (Å²) in [5, 5.41) is 6.69. The number of benzene rings is 1. The number of amides is 1. The summed E-state index contributed by atoms with van der Waals surface area (Å²) in [6.07, 6.45) is 4.05. The number of carbonyl (C=O) groups is 1. The Kier molecular flexibility index (Phi) is 5.83. The first-order valence-corrected chi connectivity index (χ1v) is 10.5. The summed E-state index contributed by atoms with van der Waals surface area (Å²) in [6, 6.07) is 7.47. The van der Waals surface area contributed by atoms with Crippen LogP contribution in [0.5, 0.6) is 0 Å². The zero-order valence-corrected chi connectivity index (χ0v) is 17.7. The van der Waals surface area contributed by atoms with E-state index in [-0.39, 0.29) is 11.4 Å². The lowest BCUT2D eigenvalue weighted by Gasteiger charge is -2.16. The normalized spacial score (nSPS) is 13.5. The minimum atomic E-state index is -0.573. The SMILES string of the molecule is CCc1cccc(NC(=O)Cn2c(=O)c(-c3noc(C)n3)c3n(c2=O)CCCCC3)c1. The maximum atomic E-state index is 13.3. The lowest BCUT2D eigenvalue weighted by atomic mass is 10.1. The van der Waals surface area contributed by atoms with Crippen LogP contribution in [0.4, 0.5) is 5.69 Å². The van der Waals surface area contributed by atoms with Gasteiger partial charge in [-0.3, -0.25) is 18.7 Å². The summed E-state index contributed by atoms with van der Waals surface area (Å²) in [6.45, 7) is 3.76. The average molecular weight is 423 g/mol. The molecule has 0 unspecified atom stereocenters. The van der Waals surface area contributed by atoms with Crippen LogP contribution in [-0.2, 0) is 30.7 Å². The topological polar surface area (TPSA) is 112 Å². The van der Waals surface area contributed by atoms with Gasteiger partial charge in [0.1, 0.15) is 12.1 Å². The van der Waals surface area contributed by atoms with E-state index in [2.05, 4.69) is 15.5 Å². The van der Waals surface area contributed by atoms with Crippen molar-refractivity contribution in [3.8, 4) is 11.4 Å². The molecule has 0 spiro atoms. The molecule has 1 aromatic carbocycles. The van der Waals surface area contributed by atoms with Crippen LogP contribution in [0, 0.1) is 6.92 Å². The van der Waals surface area contributed by atoms with Gasteiger partial charge in [0.25, 0.3) is 5.56 Å². The standard InChI is InChI=1S/C22H25N5O4/c1-3-15-8-7-9-16(12-15)24-18(28)13-27-21(29)19(20-23-14(2)31-25-20)17-10-5-4-6-11-26(17)22(27)30/h7-9,12H,3-6,10-11,13H2,1-2H3,(H,24,28). The van der Waals surface area contributed by atoms with Gasteiger partial charge in [0, 0.05) is 24.8 Å². The predicted octanol–water partition coefficient (Wildman–Crippen LogP) is 2.30. The minimum absolute atomic E-state index is 0.151. The van der Waals surface area contributed by atoms with Crippen LogP contribution >= 0.6 is 0 Å². The van der Waals surface area contributed by atoms with Crippen LogP contribution in [-0.4, -0.2) is 25.2 Å². The van der Waals surface area contributed by atoms with Crippen molar-refractivity contribution in [1.82, 2.24) is 19.3 Å². The second kappa shape index (κ2) is 8.71. The second-order valence-corrected chi connectivity index (χ2v) is 7.70. The third-order valence-electron chi connectivity index (χ3n) is 5.50. The molecule has 0 aliphatic carbocycles. The number of aromatic nitrogens is 4. The van der Waals surface area contributed by atoms with E-state index in [0.717, 1.165) is 35.8 Å². The van der Waals surface area contributed by atoms with E-state index in [0.29, 0.717) is 30.2 Å². The molecule has 0 fully saturated rings. The third kappa shape index (κ3) is 4.21. The number of rotatable bonds is 5. The van der Waals surface area contributed by atoms with E-state index in [1.54, 1.807) is 17.6 Å². The number of anilines is 1. The van der Waals surface area contributed by atoms with Gasteiger partial charge in [-0.05, 0) is 43.4 Å². The van der Waals surface area contributed by atoms with Crippen molar-refractivity contribution in [3.63, 3.8) is 0 Å². The van der Waals surface area contributed by atoms with Crippen molar-refractivity contribution in [2.45, 2.75) is 59.0 Å². The van der Waals surface area contributed by atoms with E-state index in [9.17, 15) is 14.4 Å². The molecular formula is C22H25N5O4. The molecule has 1 aliphatic heterocycles. The van der Waals surface area contributed by atoms with Gasteiger partial charge in [0.15, 0.2) is 0 Å². The molecule has 1 N–H and O–H groups in total. The van der Waals surface area contributed by atoms with Crippen LogP contribution in [0.1, 0.15) is 43.3 Å². The molecule has 1 amide bonds. The van der Waals surface area contributed by atoms with Gasteiger partial charge >= 0.3 is 5.69 Å². The predicted molar refractivity (Wildman–Crippen MR) is 115 cm³/mol. The molecule has 3 aromatic rings. The summed E-state index contributed by atoms with van der Waals surface area (Å²) >= 11 is 0. The summed E-state index contributed by atoms with van der Waals surface area (Å²) < 4.78 is 7.62. The number of hydrogen-bond donors (Lipinski definition) is 1. The van der Waals surface area contributed by atoms with Crippen LogP contribution in [0.3, 0.4) is 0 Å². The fourth-order valence-electron chi connectivity index (χ4n) is 3.95. The lowest BCUT2D eigenvalue weighted by molar-refractivity contribution is -0.116. The van der Waals surface area contributed by atoms with Crippen molar-refractivity contribution >= 4 is 11.6 Å². The molecule has 31 heavy (non-hydrogen) atoms. The number of carbonyl (C=O) groups excluding carboxylic acids is 1. The first-order valence-electron chi connectivity index (χ1n) is 10.5. The Bertz CT molecular complexity index is 1240. The van der Waals surface area contributed by atoms with Crippen LogP contribution in [0.25, 0.3) is 11.4 Å². The Balaban J connectivity index is 1.75. The van der Waals surface area contributed by atoms with Crippen LogP contribution in [0.15, 0.2) is 38.4 Å². The van der Waals surface area contributed by atoms with E-state index in [4.69, 9.17) is 4.52 Å². The molecule has 0 saturated heterocycles. The Morgan fingerprint density at radius 1 is 1.23 bits per heavy atom. The molecule has 0 atom stereocenters. The molecule has 3 heterocycles. The Morgan fingerprint density at radius 3 is 2.81 bits per heavy atom. The van der Waals surface area contributed by atoms with Gasteiger partial charge in [0.2, 0.25) is 17.6 Å². The molecule has 9 heteroatoms. The fraction of sp³-hybridized carbons (Fsp3) is 0.409. The number of nitrogens with zero attached hydrogens (tertiary/aromatic N) is 4. The van der Waals surface area contributed by atoms with Crippen molar-refractivity contribution < 1.29 is 9.32 Å². The number of nitrogens with one attached hydrogen (secondary N) is 1. The molecule has 2 aromatic heterocycles. The first kappa shape index (κ1) is 20.8. The van der Waals surface area contributed by atoms with E-state index < -0.39 is 23.7 Å². The maximum Gasteiger partial charge on any atom is 0.331 e. The highest BCUT2D eigenvalue weighted by Gasteiger charge is 2.25. The van der Waals surface area contributed by atoms with Crippen LogP contribution < -0.4 is 16.6 Å². The summed E-state index contributed by atoms with van der Waals surface area (Å²) in [5.74, 6) is 0.0305. The molecule has 1 aliphatic rings. The summed E-state index contributed by atoms with van der Waals surface area (Å²) in [4.78, 5) is 43.4. The van der Waals surface area contributed by atoms with E-state index in [1.807, 2.05) is 25.1 Å². The van der Waals surface area contributed by atoms with Crippen molar-refractivity contribution in [2.75, 3.05) is 5.32 Å². The first-order chi connectivity index (χ1) is 15.0. The number of fused-ring (bicyclic) bond motifs is 1. The Morgan fingerprint density at radius 2 is 2.06 bits per heavy atom. The summed E-state index contributed by atoms with van der Waals surface area (Å²) in [5.41, 5.74) is 1.50. The van der Waals surface area contributed by atoms with E-state index in [1.165, 1.54) is 0 Å². The molecule has 4 rings (SSSR count). The van der Waals surface area contributed by atoms with Crippen molar-refractivity contribution in [2.24, 2.45) is 0 Å². The average Bonchev–Trinajstić information content (AvgIpc) is 3.03. The van der Waals surface area contributed by atoms with Gasteiger partial charge in [0.05, 0.1) is 0 Å². The summed E-state index contributed by atoms with van der Waals surface area (Å²) in [7, 11) is 0. The highest BCUT2D eigenvalue weighted by molar-refractivity contribution is 5.90. The van der Waals surface area contributed by atoms with E-state index >= 15 is 0 Å². The fourth-order valence-corrected chi connectivity index (χ4v) is 3.95. The molecule has 0 bridgehead atoms. The molecule has 0 radical (unpaired) electrons. The molecule has 9 nitrogen and oxygen atoms in total. The maximum absolute atomic E-state index is 13.3. The second-order valence-electron chi connectivity index (χ2n) is 7.70. The highest BCUT2D eigenvalue weighted by atomic mass is 16.5. The zero-order valence-electron chi connectivity index (χ0n) is 17.7. The Hall–Kier alpha value is -3.49. The number of hydrogen-bond acceptors (Lipinski definition) is 6. The smallest absolute Gasteiger partial charge is 0.331 e. The van der Waals surface area contributed by atoms with Crippen molar-refractivity contribution in [3.05, 3.63) is 62.3 Å². The van der Waals surface area contributed by atoms with Crippen molar-refractivity contribution in [1.29, 1.82) is 0 Å². The van der Waals surface area contributed by atoms with Gasteiger partial charge < -0.3 is 9.84 Å². The van der Waals surface area contributed by atoms with Crippen LogP contribution in [0.2, 0.25) is 0 Å². The lowest BCUT2D eigenvalue weighted by Crippen LogP contribution is -2.44. The highest BCUT2D eigenvalue weighted by Crippen LogP contribution is 2.21. The molecule has 162 valence electrons. The minimum Gasteiger partial charge on any atom is -0.339 e. The van der Waals surface area contributed by atoms with Gasteiger partial charge in [-0.15, -0.1) is 0 Å². The molecular weight excluding hydrogens is 398 g/mol. The van der Waals surface area contributed by atoms with Gasteiger partial charge in [-0.2, -0.15) is 4.98 Å². The van der Waals surface area contributed by atoms with Gasteiger partial charge in [-0.1, -0.05) is 30.6 Å². The van der Waals surface area contributed by atoms with Gasteiger partial charge in [-0.25, -0.2) is 4.79 Å². The quantitative estimate of drug-likeness (QED) is 0.674. The monoisotopic (exact) mass is 423 g/mol. The molecule has 0 saturated carbocycles. The number of aryl methyl sites for hydroxylation is 2. The Labute approximate surface area is 178 Å². The third-order valence-corrected chi connectivity index (χ3v) is 5.50.